The molecule has 1 aliphatic heterocycles. The molecule has 1 N–H and O–H groups in total. The third kappa shape index (κ3) is 5.73. The van der Waals surface area contributed by atoms with Crippen LogP contribution in [0.2, 0.25) is 0 Å². The molecule has 164 valence electrons. The largest absolute Gasteiger partial charge is 0.497 e. The zero-order chi connectivity index (χ0) is 21.4. The van der Waals surface area contributed by atoms with Crippen molar-refractivity contribution in [1.29, 1.82) is 0 Å². The van der Waals surface area contributed by atoms with Crippen molar-refractivity contribution >= 4 is 0 Å². The first-order valence-corrected chi connectivity index (χ1v) is 10.6. The summed E-state index contributed by atoms with van der Waals surface area (Å²) in [6, 6.07) is 12.4. The van der Waals surface area contributed by atoms with Crippen LogP contribution in [0.1, 0.15) is 18.2 Å². The SMILES string of the molecule is C=CC(C)(CO)N(CCN1CCOCC1)Cc1cccn1Cc1cccc(OC)c1. The van der Waals surface area contributed by atoms with Gasteiger partial charge >= 0.3 is 0 Å². The molecular weight excluding hydrogens is 378 g/mol. The van der Waals surface area contributed by atoms with E-state index < -0.39 is 5.54 Å². The van der Waals surface area contributed by atoms with Crippen molar-refractivity contribution in [2.75, 3.05) is 53.1 Å². The monoisotopic (exact) mass is 413 g/mol. The maximum Gasteiger partial charge on any atom is 0.119 e. The van der Waals surface area contributed by atoms with Crippen LogP contribution in [0.5, 0.6) is 5.75 Å². The summed E-state index contributed by atoms with van der Waals surface area (Å²) in [5.74, 6) is 0.868. The van der Waals surface area contributed by atoms with E-state index in [-0.39, 0.29) is 6.61 Å². The van der Waals surface area contributed by atoms with Crippen LogP contribution in [0.3, 0.4) is 0 Å². The highest BCUT2D eigenvalue weighted by Gasteiger charge is 2.29. The Morgan fingerprint density at radius 3 is 2.77 bits per heavy atom. The Bertz CT molecular complexity index is 800. The highest BCUT2D eigenvalue weighted by molar-refractivity contribution is 5.29. The number of hydrogen-bond donors (Lipinski definition) is 1. The van der Waals surface area contributed by atoms with Crippen LogP contribution < -0.4 is 4.74 Å². The van der Waals surface area contributed by atoms with Crippen molar-refractivity contribution in [2.24, 2.45) is 0 Å². The van der Waals surface area contributed by atoms with Crippen LogP contribution >= 0.6 is 0 Å². The Morgan fingerprint density at radius 1 is 1.27 bits per heavy atom. The smallest absolute Gasteiger partial charge is 0.119 e. The Morgan fingerprint density at radius 2 is 2.07 bits per heavy atom. The second kappa shape index (κ2) is 10.8. The van der Waals surface area contributed by atoms with Crippen molar-refractivity contribution in [1.82, 2.24) is 14.4 Å². The van der Waals surface area contributed by atoms with Gasteiger partial charge in [0.25, 0.3) is 0 Å². The van der Waals surface area contributed by atoms with Gasteiger partial charge in [-0.2, -0.15) is 0 Å². The standard InChI is InChI=1S/C24H35N3O3/c1-4-24(2,20-28)27(12-11-25-13-15-30-16-14-25)19-22-8-6-10-26(22)18-21-7-5-9-23(17-21)29-3/h4-10,17,28H,1,11-16,18-20H2,2-3H3. The van der Waals surface area contributed by atoms with E-state index in [1.54, 1.807) is 7.11 Å². The van der Waals surface area contributed by atoms with Crippen LogP contribution in [0.15, 0.2) is 55.3 Å². The number of rotatable bonds is 11. The zero-order valence-electron chi connectivity index (χ0n) is 18.3. The lowest BCUT2D eigenvalue weighted by molar-refractivity contribution is 0.0186. The lowest BCUT2D eigenvalue weighted by atomic mass is 10.0. The van der Waals surface area contributed by atoms with Gasteiger partial charge in [0, 0.05) is 51.2 Å². The molecule has 0 saturated carbocycles. The fraction of sp³-hybridized carbons (Fsp3) is 0.500. The van der Waals surface area contributed by atoms with Gasteiger partial charge in [-0.1, -0.05) is 18.2 Å². The molecule has 0 spiro atoms. The fourth-order valence-electron chi connectivity index (χ4n) is 3.81. The van der Waals surface area contributed by atoms with Crippen LogP contribution in [0, 0.1) is 0 Å². The summed E-state index contributed by atoms with van der Waals surface area (Å²) in [7, 11) is 1.69. The van der Waals surface area contributed by atoms with Crippen LogP contribution in [-0.4, -0.2) is 78.1 Å². The van der Waals surface area contributed by atoms with Gasteiger partial charge < -0.3 is 19.1 Å². The molecule has 1 unspecified atom stereocenters. The Kier molecular flexibility index (Phi) is 8.10. The summed E-state index contributed by atoms with van der Waals surface area (Å²) >= 11 is 0. The third-order valence-electron chi connectivity index (χ3n) is 6.04. The second-order valence-electron chi connectivity index (χ2n) is 8.07. The molecule has 0 aliphatic carbocycles. The molecule has 0 amide bonds. The van der Waals surface area contributed by atoms with Crippen LogP contribution in [-0.2, 0) is 17.8 Å². The summed E-state index contributed by atoms with van der Waals surface area (Å²) in [6.45, 7) is 12.9. The first-order chi connectivity index (χ1) is 14.6. The normalized spacial score (nSPS) is 17.1. The van der Waals surface area contributed by atoms with Gasteiger partial charge in [-0.05, 0) is 36.8 Å². The number of aliphatic hydroxyl groups excluding tert-OH is 1. The minimum Gasteiger partial charge on any atom is -0.497 e. The summed E-state index contributed by atoms with van der Waals surface area (Å²) in [5.41, 5.74) is 1.93. The second-order valence-corrected chi connectivity index (χ2v) is 8.07. The first-order valence-electron chi connectivity index (χ1n) is 10.6. The average Bonchev–Trinajstić information content (AvgIpc) is 3.23. The molecule has 30 heavy (non-hydrogen) atoms. The number of ether oxygens (including phenoxy) is 2. The number of aromatic nitrogens is 1. The number of aliphatic hydroxyl groups is 1. The molecule has 2 heterocycles. The van der Waals surface area contributed by atoms with Crippen LogP contribution in [0.4, 0.5) is 0 Å². The topological polar surface area (TPSA) is 50.1 Å². The van der Waals surface area contributed by atoms with Gasteiger partial charge in [0.15, 0.2) is 0 Å². The molecule has 1 atom stereocenters. The summed E-state index contributed by atoms with van der Waals surface area (Å²) < 4.78 is 13.1. The van der Waals surface area contributed by atoms with Crippen molar-refractivity contribution in [3.05, 3.63) is 66.5 Å². The minimum atomic E-state index is -0.475. The Hall–Kier alpha value is -2.12. The maximum atomic E-state index is 10.1. The Balaban J connectivity index is 1.73. The van der Waals surface area contributed by atoms with E-state index in [2.05, 4.69) is 58.3 Å². The van der Waals surface area contributed by atoms with Gasteiger partial charge in [0.2, 0.25) is 0 Å². The van der Waals surface area contributed by atoms with Gasteiger partial charge in [-0.25, -0.2) is 0 Å². The molecule has 1 aromatic heterocycles. The predicted octanol–water partition coefficient (Wildman–Crippen LogP) is 2.62. The number of benzene rings is 1. The number of morpholine rings is 1. The number of hydrogen-bond acceptors (Lipinski definition) is 5. The molecule has 0 bridgehead atoms. The van der Waals surface area contributed by atoms with Crippen LogP contribution in [0.25, 0.3) is 0 Å². The number of methoxy groups -OCH3 is 1. The molecule has 1 aromatic carbocycles. The van der Waals surface area contributed by atoms with Crippen molar-refractivity contribution in [2.45, 2.75) is 25.6 Å². The van der Waals surface area contributed by atoms with E-state index in [9.17, 15) is 5.11 Å². The fourth-order valence-corrected chi connectivity index (χ4v) is 3.81. The van der Waals surface area contributed by atoms with E-state index >= 15 is 0 Å². The van der Waals surface area contributed by atoms with Crippen molar-refractivity contribution in [3.63, 3.8) is 0 Å². The van der Waals surface area contributed by atoms with E-state index in [1.807, 2.05) is 18.2 Å². The lowest BCUT2D eigenvalue weighted by Crippen LogP contribution is -2.51. The Labute approximate surface area is 180 Å². The predicted molar refractivity (Wildman–Crippen MR) is 120 cm³/mol. The lowest BCUT2D eigenvalue weighted by Gasteiger charge is -2.39. The zero-order valence-corrected chi connectivity index (χ0v) is 18.3. The molecule has 0 radical (unpaired) electrons. The molecule has 6 nitrogen and oxygen atoms in total. The summed E-state index contributed by atoms with van der Waals surface area (Å²) in [5, 5.41) is 10.1. The van der Waals surface area contributed by atoms with E-state index in [0.29, 0.717) is 0 Å². The highest BCUT2D eigenvalue weighted by atomic mass is 16.5. The molecule has 6 heteroatoms. The molecule has 1 saturated heterocycles. The first kappa shape index (κ1) is 22.6. The highest BCUT2D eigenvalue weighted by Crippen LogP contribution is 2.21. The van der Waals surface area contributed by atoms with E-state index in [4.69, 9.17) is 9.47 Å². The van der Waals surface area contributed by atoms with Gasteiger partial charge in [-0.15, -0.1) is 6.58 Å². The van der Waals surface area contributed by atoms with E-state index in [0.717, 1.165) is 58.2 Å². The van der Waals surface area contributed by atoms with Gasteiger partial charge in [0.05, 0.1) is 32.5 Å². The molecular formula is C24H35N3O3. The summed E-state index contributed by atoms with van der Waals surface area (Å²) in [4.78, 5) is 4.75. The molecule has 1 aliphatic rings. The molecule has 2 aromatic rings. The van der Waals surface area contributed by atoms with Gasteiger partial charge in [0.1, 0.15) is 5.75 Å². The van der Waals surface area contributed by atoms with Gasteiger partial charge in [-0.3, -0.25) is 9.80 Å². The molecule has 3 rings (SSSR count). The maximum absolute atomic E-state index is 10.1. The van der Waals surface area contributed by atoms with E-state index in [1.165, 1.54) is 11.3 Å². The molecule has 1 fully saturated rings. The third-order valence-corrected chi connectivity index (χ3v) is 6.04. The quantitative estimate of drug-likeness (QED) is 0.574. The van der Waals surface area contributed by atoms with Crippen molar-refractivity contribution in [3.8, 4) is 5.75 Å². The number of nitrogens with zero attached hydrogens (tertiary/aromatic N) is 3. The van der Waals surface area contributed by atoms with Crippen molar-refractivity contribution < 1.29 is 14.6 Å². The summed E-state index contributed by atoms with van der Waals surface area (Å²) in [6.07, 6.45) is 3.97. The minimum absolute atomic E-state index is 0.0379. The average molecular weight is 414 g/mol.